The number of fused-ring (bicyclic) bond motifs is 1. The molecule has 5 aromatic rings. The second-order valence-corrected chi connectivity index (χ2v) is 10.0. The van der Waals surface area contributed by atoms with Gasteiger partial charge in [-0.1, -0.05) is 73.1 Å². The van der Waals surface area contributed by atoms with Crippen LogP contribution in [-0.2, 0) is 19.4 Å². The van der Waals surface area contributed by atoms with E-state index in [1.165, 1.54) is 0 Å². The van der Waals surface area contributed by atoms with Crippen LogP contribution in [0.2, 0.25) is 0 Å². The van der Waals surface area contributed by atoms with Crippen molar-refractivity contribution in [3.05, 3.63) is 99.7 Å². The first-order valence-corrected chi connectivity index (χ1v) is 13.6. The van der Waals surface area contributed by atoms with Crippen LogP contribution in [0.3, 0.4) is 0 Å². The topological polar surface area (TPSA) is 103 Å². The minimum Gasteiger partial charge on any atom is -0.493 e. The van der Waals surface area contributed by atoms with E-state index in [0.717, 1.165) is 76.3 Å². The number of unbranched alkanes of at least 4 members (excludes halogenated alkanes) is 1. The molecule has 0 fully saturated rings. The van der Waals surface area contributed by atoms with Crippen LogP contribution in [0.4, 0.5) is 0 Å². The minimum atomic E-state index is -0.469. The number of aromatic hydroxyl groups is 1. The SMILES string of the molecule is CCCCc1nc(C)c(-c2ccc3c(c2)CCO3)c(=O)n1Cc1ccc(-c2ccccc2-c2noc(O)n2)cc1. The number of rotatable bonds is 8. The van der Waals surface area contributed by atoms with Crippen molar-refractivity contribution in [2.75, 3.05) is 6.61 Å². The first kappa shape index (κ1) is 25.6. The smallest absolute Gasteiger partial charge is 0.415 e. The zero-order valence-electron chi connectivity index (χ0n) is 22.6. The fraction of sp³-hybridized carbons (Fsp3) is 0.250. The summed E-state index contributed by atoms with van der Waals surface area (Å²) in [5.74, 6) is 2.02. The molecule has 8 nitrogen and oxygen atoms in total. The summed E-state index contributed by atoms with van der Waals surface area (Å²) in [4.78, 5) is 22.9. The molecule has 3 aromatic carbocycles. The first-order valence-electron chi connectivity index (χ1n) is 13.6. The molecule has 0 aliphatic carbocycles. The van der Waals surface area contributed by atoms with Crippen molar-refractivity contribution in [3.63, 3.8) is 0 Å². The van der Waals surface area contributed by atoms with Crippen LogP contribution in [0.1, 0.15) is 42.4 Å². The molecule has 0 radical (unpaired) electrons. The Balaban J connectivity index is 1.36. The fourth-order valence-corrected chi connectivity index (χ4v) is 5.31. The van der Waals surface area contributed by atoms with Crippen LogP contribution in [0, 0.1) is 6.92 Å². The zero-order valence-corrected chi connectivity index (χ0v) is 22.6. The summed E-state index contributed by atoms with van der Waals surface area (Å²) in [6, 6.07) is 21.8. The Kier molecular flexibility index (Phi) is 6.90. The Morgan fingerprint density at radius 2 is 1.75 bits per heavy atom. The maximum absolute atomic E-state index is 14.0. The van der Waals surface area contributed by atoms with E-state index in [2.05, 4.69) is 23.1 Å². The first-order chi connectivity index (χ1) is 19.5. The summed E-state index contributed by atoms with van der Waals surface area (Å²) in [5, 5.41) is 13.4. The molecule has 1 N–H and O–H groups in total. The highest BCUT2D eigenvalue weighted by Gasteiger charge is 2.19. The molecule has 0 atom stereocenters. The molecule has 1 aliphatic rings. The monoisotopic (exact) mass is 534 g/mol. The van der Waals surface area contributed by atoms with Gasteiger partial charge in [-0.2, -0.15) is 4.98 Å². The van der Waals surface area contributed by atoms with E-state index >= 15 is 0 Å². The summed E-state index contributed by atoms with van der Waals surface area (Å²) < 4.78 is 12.3. The molecule has 0 saturated carbocycles. The van der Waals surface area contributed by atoms with Gasteiger partial charge in [0.05, 0.1) is 24.4 Å². The van der Waals surface area contributed by atoms with E-state index in [0.29, 0.717) is 24.5 Å². The van der Waals surface area contributed by atoms with Crippen LogP contribution < -0.4 is 10.3 Å². The standard InChI is InChI=1S/C32H30N4O4/c1-3-4-9-28-33-20(2)29(24-14-15-27-23(18-24)16-17-39-27)31(37)36(28)19-21-10-12-22(13-11-21)25-7-5-6-8-26(25)30-34-32(38)40-35-30/h5-8,10-15,18H,3-4,9,16-17,19H2,1-2H3,(H,34,35,38). The van der Waals surface area contributed by atoms with Gasteiger partial charge in [0.15, 0.2) is 0 Å². The number of aromatic nitrogens is 4. The third-order valence-corrected chi connectivity index (χ3v) is 7.35. The zero-order chi connectivity index (χ0) is 27.6. The lowest BCUT2D eigenvalue weighted by atomic mass is 9.98. The van der Waals surface area contributed by atoms with E-state index in [-0.39, 0.29) is 5.56 Å². The summed E-state index contributed by atoms with van der Waals surface area (Å²) >= 11 is 0. The van der Waals surface area contributed by atoms with Gasteiger partial charge in [-0.25, -0.2) is 4.98 Å². The van der Waals surface area contributed by atoms with E-state index in [9.17, 15) is 9.90 Å². The van der Waals surface area contributed by atoms with Crippen LogP contribution in [0.15, 0.2) is 76.0 Å². The quantitative estimate of drug-likeness (QED) is 0.262. The average molecular weight is 535 g/mol. The molecule has 1 aliphatic heterocycles. The summed E-state index contributed by atoms with van der Waals surface area (Å²) in [5.41, 5.74) is 7.01. The number of aryl methyl sites for hydroxylation is 2. The van der Waals surface area contributed by atoms with Gasteiger partial charge in [0.2, 0.25) is 5.82 Å². The number of ether oxygens (including phenoxy) is 1. The highest BCUT2D eigenvalue weighted by molar-refractivity contribution is 5.80. The normalized spacial score (nSPS) is 12.3. The van der Waals surface area contributed by atoms with Gasteiger partial charge >= 0.3 is 6.08 Å². The van der Waals surface area contributed by atoms with Crippen molar-refractivity contribution < 1.29 is 14.4 Å². The predicted octanol–water partition coefficient (Wildman–Crippen LogP) is 5.97. The highest BCUT2D eigenvalue weighted by Crippen LogP contribution is 2.32. The molecule has 0 amide bonds. The summed E-state index contributed by atoms with van der Waals surface area (Å²) in [7, 11) is 0. The molecule has 0 saturated heterocycles. The second kappa shape index (κ2) is 10.8. The minimum absolute atomic E-state index is 0.0243. The van der Waals surface area contributed by atoms with Gasteiger partial charge in [0, 0.05) is 18.4 Å². The molecule has 3 heterocycles. The number of nitrogens with zero attached hydrogens (tertiary/aromatic N) is 4. The lowest BCUT2D eigenvalue weighted by Gasteiger charge is -2.17. The van der Waals surface area contributed by atoms with Crippen LogP contribution >= 0.6 is 0 Å². The van der Waals surface area contributed by atoms with Gasteiger partial charge in [-0.05, 0) is 53.3 Å². The summed E-state index contributed by atoms with van der Waals surface area (Å²) in [6.07, 6.45) is 3.11. The van der Waals surface area contributed by atoms with E-state index in [4.69, 9.17) is 14.2 Å². The molecular formula is C32H30N4O4. The molecule has 0 spiro atoms. The molecular weight excluding hydrogens is 504 g/mol. The lowest BCUT2D eigenvalue weighted by Crippen LogP contribution is -2.28. The Labute approximate surface area is 231 Å². The van der Waals surface area contributed by atoms with Crippen molar-refractivity contribution in [1.29, 1.82) is 0 Å². The third-order valence-electron chi connectivity index (χ3n) is 7.35. The number of hydrogen-bond acceptors (Lipinski definition) is 7. The molecule has 8 heteroatoms. The van der Waals surface area contributed by atoms with E-state index < -0.39 is 6.08 Å². The molecule has 202 valence electrons. The van der Waals surface area contributed by atoms with Gasteiger partial charge in [0.1, 0.15) is 11.6 Å². The van der Waals surface area contributed by atoms with E-state index in [1.807, 2.05) is 72.2 Å². The van der Waals surface area contributed by atoms with Crippen LogP contribution in [0.5, 0.6) is 11.8 Å². The predicted molar refractivity (Wildman–Crippen MR) is 152 cm³/mol. The van der Waals surface area contributed by atoms with Gasteiger partial charge in [0.25, 0.3) is 5.56 Å². The molecule has 2 aromatic heterocycles. The molecule has 40 heavy (non-hydrogen) atoms. The summed E-state index contributed by atoms with van der Waals surface area (Å²) in [6.45, 7) is 5.17. The van der Waals surface area contributed by atoms with Crippen molar-refractivity contribution in [2.45, 2.75) is 46.1 Å². The van der Waals surface area contributed by atoms with Crippen LogP contribution in [-0.4, -0.2) is 31.4 Å². The van der Waals surface area contributed by atoms with Gasteiger partial charge in [-0.3, -0.25) is 13.9 Å². The van der Waals surface area contributed by atoms with Crippen molar-refractivity contribution in [1.82, 2.24) is 19.7 Å². The average Bonchev–Trinajstić information content (AvgIpc) is 3.62. The Morgan fingerprint density at radius 1 is 0.975 bits per heavy atom. The maximum atomic E-state index is 14.0. The van der Waals surface area contributed by atoms with Crippen molar-refractivity contribution in [3.8, 4) is 45.5 Å². The Morgan fingerprint density at radius 3 is 2.50 bits per heavy atom. The number of benzene rings is 3. The van der Waals surface area contributed by atoms with Gasteiger partial charge < -0.3 is 9.84 Å². The molecule has 0 bridgehead atoms. The Bertz CT molecular complexity index is 1740. The third kappa shape index (κ3) is 4.88. The second-order valence-electron chi connectivity index (χ2n) is 10.0. The van der Waals surface area contributed by atoms with Crippen molar-refractivity contribution in [2.24, 2.45) is 0 Å². The molecule has 0 unspecified atom stereocenters. The highest BCUT2D eigenvalue weighted by atomic mass is 16.6. The molecule has 6 rings (SSSR count). The van der Waals surface area contributed by atoms with E-state index in [1.54, 1.807) is 0 Å². The maximum Gasteiger partial charge on any atom is 0.415 e. The Hall–Kier alpha value is -4.72. The van der Waals surface area contributed by atoms with Crippen molar-refractivity contribution >= 4 is 0 Å². The largest absolute Gasteiger partial charge is 0.493 e. The van der Waals surface area contributed by atoms with Gasteiger partial charge in [-0.15, -0.1) is 0 Å². The van der Waals surface area contributed by atoms with Crippen LogP contribution in [0.25, 0.3) is 33.6 Å². The lowest BCUT2D eigenvalue weighted by molar-refractivity contribution is 0.267. The number of hydrogen-bond donors (Lipinski definition) is 1. The fourth-order valence-electron chi connectivity index (χ4n) is 5.31.